The zero-order valence-corrected chi connectivity index (χ0v) is 10.3. The molecule has 1 heterocycles. The summed E-state index contributed by atoms with van der Waals surface area (Å²) in [6.45, 7) is 6.41. The summed E-state index contributed by atoms with van der Waals surface area (Å²) in [6.07, 6.45) is 0. The van der Waals surface area contributed by atoms with Crippen molar-refractivity contribution in [2.24, 2.45) is 7.05 Å². The van der Waals surface area contributed by atoms with E-state index in [9.17, 15) is 0 Å². The number of aryl methyl sites for hydroxylation is 1. The van der Waals surface area contributed by atoms with Crippen LogP contribution in [0.3, 0.4) is 0 Å². The van der Waals surface area contributed by atoms with Gasteiger partial charge in [0.25, 0.3) is 0 Å². The van der Waals surface area contributed by atoms with Crippen molar-refractivity contribution in [2.45, 2.75) is 26.2 Å². The largest absolute Gasteiger partial charge is 0.480 e. The Balaban J connectivity index is 3.33. The second kappa shape index (κ2) is 3.33. The fourth-order valence-electron chi connectivity index (χ4n) is 1.25. The summed E-state index contributed by atoms with van der Waals surface area (Å²) in [6, 6.07) is 0. The van der Waals surface area contributed by atoms with Gasteiger partial charge in [0.05, 0.1) is 12.7 Å². The first kappa shape index (κ1) is 10.6. The van der Waals surface area contributed by atoms with E-state index in [1.807, 2.05) is 7.05 Å². The fourth-order valence-corrected chi connectivity index (χ4v) is 2.10. The van der Waals surface area contributed by atoms with E-state index in [-0.39, 0.29) is 5.41 Å². The quantitative estimate of drug-likeness (QED) is 0.762. The van der Waals surface area contributed by atoms with Gasteiger partial charge in [0.2, 0.25) is 5.88 Å². The van der Waals surface area contributed by atoms with Crippen LogP contribution in [0, 0.1) is 0 Å². The van der Waals surface area contributed by atoms with Gasteiger partial charge in [-0.1, -0.05) is 20.8 Å². The standard InChI is InChI=1S/C9H15BrN2O/c1-9(2,3)6-7(10)12(4)11-8(6)13-5/h1-5H3. The van der Waals surface area contributed by atoms with E-state index >= 15 is 0 Å². The Morgan fingerprint density at radius 3 is 2.23 bits per heavy atom. The second-order valence-electron chi connectivity index (χ2n) is 4.05. The van der Waals surface area contributed by atoms with Crippen molar-refractivity contribution in [2.75, 3.05) is 7.11 Å². The summed E-state index contributed by atoms with van der Waals surface area (Å²) in [5, 5.41) is 4.24. The van der Waals surface area contributed by atoms with E-state index < -0.39 is 0 Å². The van der Waals surface area contributed by atoms with E-state index in [1.165, 1.54) is 0 Å². The van der Waals surface area contributed by atoms with E-state index in [4.69, 9.17) is 4.74 Å². The van der Waals surface area contributed by atoms with Crippen molar-refractivity contribution in [3.8, 4) is 5.88 Å². The molecular weight excluding hydrogens is 232 g/mol. The van der Waals surface area contributed by atoms with Gasteiger partial charge in [-0.2, -0.15) is 0 Å². The number of rotatable bonds is 1. The van der Waals surface area contributed by atoms with Gasteiger partial charge in [-0.05, 0) is 21.3 Å². The minimum Gasteiger partial charge on any atom is -0.480 e. The number of ether oxygens (including phenoxy) is 1. The molecule has 0 aliphatic rings. The molecule has 0 radical (unpaired) electrons. The third-order valence-electron chi connectivity index (χ3n) is 1.89. The van der Waals surface area contributed by atoms with Gasteiger partial charge < -0.3 is 4.74 Å². The molecule has 74 valence electrons. The molecule has 0 aromatic carbocycles. The van der Waals surface area contributed by atoms with Crippen LogP contribution in [0.5, 0.6) is 5.88 Å². The highest BCUT2D eigenvalue weighted by atomic mass is 79.9. The lowest BCUT2D eigenvalue weighted by Crippen LogP contribution is -2.12. The van der Waals surface area contributed by atoms with Crippen LogP contribution >= 0.6 is 15.9 Å². The summed E-state index contributed by atoms with van der Waals surface area (Å²) in [5.74, 6) is 0.696. The van der Waals surface area contributed by atoms with E-state index in [0.29, 0.717) is 5.88 Å². The molecule has 0 bridgehead atoms. The van der Waals surface area contributed by atoms with Gasteiger partial charge in [0.15, 0.2) is 0 Å². The molecular formula is C9H15BrN2O. The summed E-state index contributed by atoms with van der Waals surface area (Å²) < 4.78 is 7.97. The maximum Gasteiger partial charge on any atom is 0.237 e. The molecule has 13 heavy (non-hydrogen) atoms. The predicted molar refractivity (Wildman–Crippen MR) is 56.2 cm³/mol. The Kier molecular flexibility index (Phi) is 2.71. The van der Waals surface area contributed by atoms with Crippen molar-refractivity contribution >= 4 is 15.9 Å². The highest BCUT2D eigenvalue weighted by Crippen LogP contribution is 2.36. The van der Waals surface area contributed by atoms with Crippen LogP contribution in [-0.4, -0.2) is 16.9 Å². The Labute approximate surface area is 87.2 Å². The zero-order chi connectivity index (χ0) is 10.2. The summed E-state index contributed by atoms with van der Waals surface area (Å²) >= 11 is 3.50. The highest BCUT2D eigenvalue weighted by Gasteiger charge is 2.26. The van der Waals surface area contributed by atoms with Crippen LogP contribution in [0.15, 0.2) is 4.60 Å². The predicted octanol–water partition coefficient (Wildman–Crippen LogP) is 2.49. The average molecular weight is 247 g/mol. The van der Waals surface area contributed by atoms with Crippen LogP contribution in [0.25, 0.3) is 0 Å². The van der Waals surface area contributed by atoms with Crippen LogP contribution in [0.2, 0.25) is 0 Å². The zero-order valence-electron chi connectivity index (χ0n) is 8.68. The third-order valence-corrected chi connectivity index (χ3v) is 2.80. The van der Waals surface area contributed by atoms with E-state index in [0.717, 1.165) is 10.2 Å². The molecule has 0 atom stereocenters. The second-order valence-corrected chi connectivity index (χ2v) is 4.80. The monoisotopic (exact) mass is 246 g/mol. The smallest absolute Gasteiger partial charge is 0.237 e. The first-order valence-electron chi connectivity index (χ1n) is 4.15. The number of hydrogen-bond donors (Lipinski definition) is 0. The first-order valence-corrected chi connectivity index (χ1v) is 4.94. The number of hydrogen-bond acceptors (Lipinski definition) is 2. The molecule has 4 heteroatoms. The lowest BCUT2D eigenvalue weighted by Gasteiger charge is -2.18. The summed E-state index contributed by atoms with van der Waals surface area (Å²) in [4.78, 5) is 0. The molecule has 3 nitrogen and oxygen atoms in total. The Morgan fingerprint density at radius 2 is 1.92 bits per heavy atom. The van der Waals surface area contributed by atoms with Crippen molar-refractivity contribution in [3.05, 3.63) is 10.2 Å². The number of methoxy groups -OCH3 is 1. The Bertz CT molecular complexity index is 312. The van der Waals surface area contributed by atoms with Crippen LogP contribution < -0.4 is 4.74 Å². The Morgan fingerprint density at radius 1 is 1.38 bits per heavy atom. The van der Waals surface area contributed by atoms with Crippen LogP contribution in [-0.2, 0) is 12.5 Å². The van der Waals surface area contributed by atoms with Gasteiger partial charge in [-0.3, -0.25) is 4.68 Å². The average Bonchev–Trinajstić information content (AvgIpc) is 2.26. The van der Waals surface area contributed by atoms with E-state index in [1.54, 1.807) is 11.8 Å². The fraction of sp³-hybridized carbons (Fsp3) is 0.667. The lowest BCUT2D eigenvalue weighted by atomic mass is 9.89. The van der Waals surface area contributed by atoms with Gasteiger partial charge in [0, 0.05) is 7.05 Å². The Hall–Kier alpha value is -0.510. The molecule has 1 aromatic heterocycles. The third kappa shape index (κ3) is 1.88. The van der Waals surface area contributed by atoms with Crippen molar-refractivity contribution in [1.29, 1.82) is 0 Å². The maximum absolute atomic E-state index is 5.21. The highest BCUT2D eigenvalue weighted by molar-refractivity contribution is 9.10. The molecule has 0 amide bonds. The molecule has 1 rings (SSSR count). The van der Waals surface area contributed by atoms with Gasteiger partial charge in [0.1, 0.15) is 4.60 Å². The van der Waals surface area contributed by atoms with Gasteiger partial charge in [-0.15, -0.1) is 5.10 Å². The minimum atomic E-state index is 0.0401. The number of nitrogens with zero attached hydrogens (tertiary/aromatic N) is 2. The summed E-state index contributed by atoms with van der Waals surface area (Å²) in [7, 11) is 3.53. The minimum absolute atomic E-state index is 0.0401. The molecule has 0 saturated heterocycles. The van der Waals surface area contributed by atoms with Crippen LogP contribution in [0.4, 0.5) is 0 Å². The van der Waals surface area contributed by atoms with Crippen LogP contribution in [0.1, 0.15) is 26.3 Å². The maximum atomic E-state index is 5.21. The number of aromatic nitrogens is 2. The van der Waals surface area contributed by atoms with Crippen molar-refractivity contribution in [1.82, 2.24) is 9.78 Å². The molecule has 0 aliphatic carbocycles. The topological polar surface area (TPSA) is 27.1 Å². The molecule has 0 saturated carbocycles. The molecule has 0 unspecified atom stereocenters. The normalized spacial score (nSPS) is 11.8. The van der Waals surface area contributed by atoms with Crippen molar-refractivity contribution < 1.29 is 4.74 Å². The van der Waals surface area contributed by atoms with E-state index in [2.05, 4.69) is 41.8 Å². The molecule has 1 aromatic rings. The SMILES string of the molecule is COc1nn(C)c(Br)c1C(C)(C)C. The van der Waals surface area contributed by atoms with Gasteiger partial charge in [-0.25, -0.2) is 0 Å². The van der Waals surface area contributed by atoms with Gasteiger partial charge >= 0.3 is 0 Å². The molecule has 0 spiro atoms. The molecule has 0 N–H and O–H groups in total. The summed E-state index contributed by atoms with van der Waals surface area (Å²) in [5.41, 5.74) is 1.15. The van der Waals surface area contributed by atoms with Crippen molar-refractivity contribution in [3.63, 3.8) is 0 Å². The molecule has 0 fully saturated rings. The first-order chi connectivity index (χ1) is 5.88. The number of halogens is 1. The molecule has 0 aliphatic heterocycles. The lowest BCUT2D eigenvalue weighted by molar-refractivity contribution is 0.379.